The summed E-state index contributed by atoms with van der Waals surface area (Å²) < 4.78 is 7.17. The maximum atomic E-state index is 13.1. The van der Waals surface area contributed by atoms with Crippen molar-refractivity contribution in [2.75, 3.05) is 36.5 Å². The Morgan fingerprint density at radius 1 is 1.27 bits per heavy atom. The van der Waals surface area contributed by atoms with Crippen molar-refractivity contribution in [1.82, 2.24) is 9.78 Å². The molecular formula is C22H23N5O2S. The molecule has 0 atom stereocenters. The first-order chi connectivity index (χ1) is 14.7. The molecule has 1 aliphatic rings. The molecule has 2 aromatic heterocycles. The number of ether oxygens (including phenoxy) is 1. The van der Waals surface area contributed by atoms with E-state index in [1.807, 2.05) is 37.3 Å². The molecule has 154 valence electrons. The van der Waals surface area contributed by atoms with E-state index in [9.17, 15) is 4.79 Å². The summed E-state index contributed by atoms with van der Waals surface area (Å²) in [5, 5.41) is 17.3. The second-order valence-electron chi connectivity index (χ2n) is 7.05. The second-order valence-corrected chi connectivity index (χ2v) is 8.08. The molecule has 0 aliphatic carbocycles. The first-order valence-corrected chi connectivity index (χ1v) is 10.7. The van der Waals surface area contributed by atoms with Crippen molar-refractivity contribution >= 4 is 28.1 Å². The highest BCUT2D eigenvalue weighted by atomic mass is 32.1. The Kier molecular flexibility index (Phi) is 6.12. The van der Waals surface area contributed by atoms with Crippen molar-refractivity contribution in [2.45, 2.75) is 19.9 Å². The predicted molar refractivity (Wildman–Crippen MR) is 118 cm³/mol. The van der Waals surface area contributed by atoms with Gasteiger partial charge in [0, 0.05) is 24.7 Å². The van der Waals surface area contributed by atoms with Gasteiger partial charge < -0.3 is 15.0 Å². The van der Waals surface area contributed by atoms with E-state index >= 15 is 0 Å². The van der Waals surface area contributed by atoms with Crippen LogP contribution in [0.2, 0.25) is 0 Å². The van der Waals surface area contributed by atoms with Gasteiger partial charge in [0.1, 0.15) is 5.82 Å². The van der Waals surface area contributed by atoms with Crippen LogP contribution in [0.15, 0.2) is 42.5 Å². The van der Waals surface area contributed by atoms with Crippen LogP contribution in [0, 0.1) is 18.3 Å². The largest absolute Gasteiger partial charge is 0.378 e. The lowest BCUT2D eigenvalue weighted by molar-refractivity contribution is 0.102. The number of aromatic nitrogens is 2. The normalized spacial score (nSPS) is 13.8. The summed E-state index contributed by atoms with van der Waals surface area (Å²) in [6, 6.07) is 16.0. The molecule has 30 heavy (non-hydrogen) atoms. The van der Waals surface area contributed by atoms with Crippen molar-refractivity contribution in [3.63, 3.8) is 0 Å². The molecule has 1 fully saturated rings. The molecule has 1 N–H and O–H groups in total. The zero-order valence-electron chi connectivity index (χ0n) is 16.8. The van der Waals surface area contributed by atoms with Gasteiger partial charge in [-0.2, -0.15) is 10.4 Å². The van der Waals surface area contributed by atoms with Crippen LogP contribution in [0.4, 0.5) is 10.8 Å². The minimum absolute atomic E-state index is 0.171. The number of rotatable bonds is 6. The van der Waals surface area contributed by atoms with Crippen LogP contribution < -0.4 is 10.2 Å². The summed E-state index contributed by atoms with van der Waals surface area (Å²) in [5.74, 6) is 0.435. The van der Waals surface area contributed by atoms with E-state index in [4.69, 9.17) is 10.00 Å². The molecule has 4 rings (SSSR count). The number of carbonyl (C=O) groups excluding carboxylic acids is 1. The molecule has 8 heteroatoms. The Bertz CT molecular complexity index is 1060. The van der Waals surface area contributed by atoms with Gasteiger partial charge in [-0.3, -0.25) is 4.79 Å². The van der Waals surface area contributed by atoms with Crippen molar-refractivity contribution in [2.24, 2.45) is 0 Å². The molecule has 1 saturated heterocycles. The molecule has 3 heterocycles. The topological polar surface area (TPSA) is 83.2 Å². The first-order valence-electron chi connectivity index (χ1n) is 9.90. The third kappa shape index (κ3) is 4.37. The van der Waals surface area contributed by atoms with Crippen molar-refractivity contribution in [3.05, 3.63) is 53.0 Å². The summed E-state index contributed by atoms with van der Waals surface area (Å²) in [6.07, 6.45) is 0.336. The van der Waals surface area contributed by atoms with Gasteiger partial charge in [0.25, 0.3) is 5.91 Å². The fourth-order valence-corrected chi connectivity index (χ4v) is 4.60. The minimum Gasteiger partial charge on any atom is -0.378 e. The number of nitrogens with zero attached hydrogens (tertiary/aromatic N) is 4. The van der Waals surface area contributed by atoms with Crippen LogP contribution in [-0.4, -0.2) is 42.0 Å². The van der Waals surface area contributed by atoms with Crippen LogP contribution in [0.5, 0.6) is 0 Å². The number of nitriles is 1. The summed E-state index contributed by atoms with van der Waals surface area (Å²) in [4.78, 5) is 16.0. The molecule has 0 radical (unpaired) electrons. The zero-order valence-corrected chi connectivity index (χ0v) is 17.6. The molecule has 1 aliphatic heterocycles. The van der Waals surface area contributed by atoms with E-state index in [1.165, 1.54) is 11.3 Å². The van der Waals surface area contributed by atoms with E-state index in [0.29, 0.717) is 36.9 Å². The van der Waals surface area contributed by atoms with E-state index in [1.54, 1.807) is 4.68 Å². The highest BCUT2D eigenvalue weighted by molar-refractivity contribution is 7.18. The quantitative estimate of drug-likeness (QED) is 0.652. The lowest BCUT2D eigenvalue weighted by Crippen LogP contribution is -2.35. The number of nitrogens with one attached hydrogen (secondary N) is 1. The van der Waals surface area contributed by atoms with Gasteiger partial charge in [-0.1, -0.05) is 30.3 Å². The van der Waals surface area contributed by atoms with Crippen LogP contribution in [0.1, 0.15) is 21.8 Å². The number of aryl methyl sites for hydroxylation is 2. The summed E-state index contributed by atoms with van der Waals surface area (Å²) >= 11 is 1.50. The maximum absolute atomic E-state index is 13.1. The summed E-state index contributed by atoms with van der Waals surface area (Å²) in [7, 11) is 0. The first kappa shape index (κ1) is 20.1. The molecule has 1 amide bonds. The molecule has 0 saturated carbocycles. The van der Waals surface area contributed by atoms with E-state index in [-0.39, 0.29) is 5.91 Å². The molecule has 1 aromatic carbocycles. The van der Waals surface area contributed by atoms with E-state index < -0.39 is 0 Å². The Balaban J connectivity index is 1.63. The number of morpholine rings is 1. The second kappa shape index (κ2) is 9.11. The third-order valence-electron chi connectivity index (χ3n) is 4.90. The third-order valence-corrected chi connectivity index (χ3v) is 6.09. The van der Waals surface area contributed by atoms with Gasteiger partial charge >= 0.3 is 0 Å². The molecular weight excluding hydrogens is 398 g/mol. The smallest absolute Gasteiger partial charge is 0.266 e. The Morgan fingerprint density at radius 2 is 2.03 bits per heavy atom. The van der Waals surface area contributed by atoms with Gasteiger partial charge in [0.15, 0.2) is 0 Å². The van der Waals surface area contributed by atoms with Crippen molar-refractivity contribution in [3.8, 4) is 17.2 Å². The molecule has 0 spiro atoms. The lowest BCUT2D eigenvalue weighted by atomic mass is 10.1. The number of hydrogen-bond acceptors (Lipinski definition) is 6. The number of anilines is 2. The number of benzene rings is 1. The van der Waals surface area contributed by atoms with E-state index in [0.717, 1.165) is 34.9 Å². The van der Waals surface area contributed by atoms with Crippen LogP contribution >= 0.6 is 11.3 Å². The molecule has 0 bridgehead atoms. The average Bonchev–Trinajstić information content (AvgIpc) is 3.37. The Morgan fingerprint density at radius 3 is 2.77 bits per heavy atom. The minimum atomic E-state index is -0.171. The van der Waals surface area contributed by atoms with Gasteiger partial charge in [-0.25, -0.2) is 4.68 Å². The predicted octanol–water partition coefficient (Wildman–Crippen LogP) is 3.92. The zero-order chi connectivity index (χ0) is 20.9. The van der Waals surface area contributed by atoms with Gasteiger partial charge in [0.05, 0.1) is 47.8 Å². The Labute approximate surface area is 179 Å². The Hall–Kier alpha value is -3.15. The number of hydrogen-bond donors (Lipinski definition) is 1. The van der Waals surface area contributed by atoms with Crippen molar-refractivity contribution < 1.29 is 9.53 Å². The van der Waals surface area contributed by atoms with Crippen molar-refractivity contribution in [1.29, 1.82) is 5.26 Å². The highest BCUT2D eigenvalue weighted by Gasteiger charge is 2.22. The lowest BCUT2D eigenvalue weighted by Gasteiger charge is -2.28. The average molecular weight is 422 g/mol. The monoisotopic (exact) mass is 421 g/mol. The maximum Gasteiger partial charge on any atom is 0.266 e. The number of amides is 1. The SMILES string of the molecule is Cc1cc(NC(=O)c2cc(-c3ccccc3)c(N3CCOCC3)s2)n(CCC#N)n1. The number of carbonyl (C=O) groups is 1. The van der Waals surface area contributed by atoms with E-state index in [2.05, 4.69) is 33.5 Å². The fourth-order valence-electron chi connectivity index (χ4n) is 3.47. The summed E-state index contributed by atoms with van der Waals surface area (Å²) in [5.41, 5.74) is 2.94. The molecule has 7 nitrogen and oxygen atoms in total. The van der Waals surface area contributed by atoms with Crippen LogP contribution in [0.3, 0.4) is 0 Å². The van der Waals surface area contributed by atoms with Gasteiger partial charge in [0.2, 0.25) is 0 Å². The highest BCUT2D eigenvalue weighted by Crippen LogP contribution is 2.39. The fraction of sp³-hybridized carbons (Fsp3) is 0.318. The molecule has 0 unspecified atom stereocenters. The standard InChI is InChI=1S/C22H23N5O2S/c1-16-14-20(27(25-16)9-5-8-23)24-21(28)19-15-18(17-6-3-2-4-7-17)22(30-19)26-10-12-29-13-11-26/h2-4,6-7,14-15H,5,9-13H2,1H3,(H,24,28). The molecule has 3 aromatic rings. The van der Waals surface area contributed by atoms with Crippen LogP contribution in [-0.2, 0) is 11.3 Å². The number of thiophene rings is 1. The van der Waals surface area contributed by atoms with Crippen LogP contribution in [0.25, 0.3) is 11.1 Å². The van der Waals surface area contributed by atoms with Gasteiger partial charge in [-0.05, 0) is 18.6 Å². The summed E-state index contributed by atoms with van der Waals surface area (Å²) in [6.45, 7) is 5.30. The van der Waals surface area contributed by atoms with Gasteiger partial charge in [-0.15, -0.1) is 11.3 Å².